The molecule has 2 aliphatic carbocycles. The summed E-state index contributed by atoms with van der Waals surface area (Å²) in [6, 6.07) is 36.5. The van der Waals surface area contributed by atoms with Crippen LogP contribution in [0.2, 0.25) is 0 Å². The Morgan fingerprint density at radius 2 is 1.36 bits per heavy atom. The Morgan fingerprint density at radius 3 is 2.16 bits per heavy atom. The highest BCUT2D eigenvalue weighted by atomic mass is 32.1. The third-order valence-electron chi connectivity index (χ3n) is 11.9. The summed E-state index contributed by atoms with van der Waals surface area (Å²) in [5.74, 6) is 0.549. The minimum atomic E-state index is -0.397. The van der Waals surface area contributed by atoms with Crippen LogP contribution in [0.5, 0.6) is 11.5 Å². The van der Waals surface area contributed by atoms with Gasteiger partial charge in [0, 0.05) is 58.9 Å². The van der Waals surface area contributed by atoms with Crippen molar-refractivity contribution < 1.29 is 10.2 Å². The zero-order valence-electron chi connectivity index (χ0n) is 30.6. The molecule has 56 heavy (non-hydrogen) atoms. The lowest BCUT2D eigenvalue weighted by molar-refractivity contribution is 0.458. The van der Waals surface area contributed by atoms with Crippen molar-refractivity contribution in [1.82, 2.24) is 19.5 Å². The number of hydrogen-bond donors (Lipinski definition) is 2. The third-order valence-corrected chi connectivity index (χ3v) is 13.1. The molecule has 0 unspecified atom stereocenters. The van der Waals surface area contributed by atoms with E-state index >= 15 is 0 Å². The van der Waals surface area contributed by atoms with Gasteiger partial charge < -0.3 is 14.8 Å². The van der Waals surface area contributed by atoms with Gasteiger partial charge in [-0.05, 0) is 103 Å². The fraction of sp³-hybridized carbons (Fsp3) is 0.128. The van der Waals surface area contributed by atoms with Crippen molar-refractivity contribution in [2.24, 2.45) is 0 Å². The molecule has 9 aromatic rings. The molecule has 0 bridgehead atoms. The van der Waals surface area contributed by atoms with Crippen molar-refractivity contribution in [2.75, 3.05) is 0 Å². The lowest BCUT2D eigenvalue weighted by Crippen LogP contribution is -2.21. The predicted molar refractivity (Wildman–Crippen MR) is 231 cm³/mol. The van der Waals surface area contributed by atoms with Gasteiger partial charge >= 0.3 is 0 Å². The number of rotatable bonds is 4. The zero-order chi connectivity index (χ0) is 37.8. The van der Waals surface area contributed by atoms with Gasteiger partial charge in [0.25, 0.3) is 0 Å². The lowest BCUT2D eigenvalue weighted by atomic mass is 9.79. The molecule has 4 radical (unpaired) electrons. The molecule has 0 fully saturated rings. The number of nitrogens with zero attached hydrogens (tertiary/aromatic N) is 4. The molecule has 2 aliphatic rings. The maximum Gasteiger partial charge on any atom is 0.165 e. The van der Waals surface area contributed by atoms with Crippen LogP contribution in [0.25, 0.3) is 87.4 Å². The number of allylic oxidation sites excluding steroid dienone is 2. The van der Waals surface area contributed by atoms with E-state index in [0.717, 1.165) is 67.3 Å². The zero-order valence-corrected chi connectivity index (χ0v) is 31.4. The Hall–Kier alpha value is -6.18. The Morgan fingerprint density at radius 1 is 0.643 bits per heavy atom. The molecule has 0 spiro atoms. The number of aromatic hydroxyl groups is 2. The summed E-state index contributed by atoms with van der Waals surface area (Å²) in [6.07, 6.45) is 5.71. The molecule has 0 amide bonds. The molecule has 0 atom stereocenters. The van der Waals surface area contributed by atoms with Crippen LogP contribution in [0.3, 0.4) is 0 Å². The van der Waals surface area contributed by atoms with Crippen LogP contribution < -0.4 is 10.9 Å². The van der Waals surface area contributed by atoms with E-state index in [4.69, 9.17) is 30.6 Å². The van der Waals surface area contributed by atoms with Crippen LogP contribution in [0.15, 0.2) is 109 Å². The second kappa shape index (κ2) is 12.4. The molecule has 0 aliphatic heterocycles. The fourth-order valence-electron chi connectivity index (χ4n) is 9.12. The number of aromatic nitrogens is 4. The topological polar surface area (TPSA) is 84.1 Å². The number of para-hydroxylation sites is 2. The highest BCUT2D eigenvalue weighted by molar-refractivity contribution is 7.26. The third kappa shape index (κ3) is 4.86. The highest BCUT2D eigenvalue weighted by Crippen LogP contribution is 2.44. The Kier molecular flexibility index (Phi) is 7.36. The molecule has 0 saturated carbocycles. The Labute approximate surface area is 329 Å². The molecule has 2 N–H and O–H groups in total. The average Bonchev–Trinajstić information content (AvgIpc) is 3.91. The van der Waals surface area contributed by atoms with E-state index in [1.807, 2.05) is 12.1 Å². The first kappa shape index (κ1) is 33.2. The van der Waals surface area contributed by atoms with Gasteiger partial charge in [-0.15, -0.1) is 11.3 Å². The Bertz CT molecular complexity index is 3120. The summed E-state index contributed by atoms with van der Waals surface area (Å²) in [4.78, 5) is 15.2. The molecular weight excluding hydrogens is 706 g/mol. The monoisotopic (exact) mass is 738 g/mol. The first-order valence-electron chi connectivity index (χ1n) is 19.0. The van der Waals surface area contributed by atoms with Crippen molar-refractivity contribution in [3.63, 3.8) is 0 Å². The van der Waals surface area contributed by atoms with Crippen LogP contribution in [-0.2, 0) is 6.42 Å². The van der Waals surface area contributed by atoms with E-state index in [9.17, 15) is 10.2 Å². The summed E-state index contributed by atoms with van der Waals surface area (Å²) in [7, 11) is 12.6. The molecule has 6 aromatic carbocycles. The molecule has 3 aromatic heterocycles. The first-order valence-corrected chi connectivity index (χ1v) is 19.8. The van der Waals surface area contributed by atoms with Crippen molar-refractivity contribution in [3.05, 3.63) is 125 Å². The molecule has 6 nitrogen and oxygen atoms in total. The molecule has 264 valence electrons. The van der Waals surface area contributed by atoms with E-state index < -0.39 is 5.75 Å². The van der Waals surface area contributed by atoms with Gasteiger partial charge in [-0.3, -0.25) is 0 Å². The predicted octanol–water partition coefficient (Wildman–Crippen LogP) is 9.53. The summed E-state index contributed by atoms with van der Waals surface area (Å²) >= 11 is 1.71. The normalized spacial score (nSPS) is 14.0. The summed E-state index contributed by atoms with van der Waals surface area (Å²) < 4.78 is 4.53. The quantitative estimate of drug-likeness (QED) is 0.176. The fourth-order valence-corrected chi connectivity index (χ4v) is 10.4. The van der Waals surface area contributed by atoms with Crippen molar-refractivity contribution in [1.29, 1.82) is 0 Å². The van der Waals surface area contributed by atoms with Crippen LogP contribution >= 0.6 is 11.3 Å². The second-order valence-electron chi connectivity index (χ2n) is 15.0. The van der Waals surface area contributed by atoms with Crippen molar-refractivity contribution in [3.8, 4) is 51.3 Å². The molecule has 0 saturated heterocycles. The maximum atomic E-state index is 10.9. The van der Waals surface area contributed by atoms with Gasteiger partial charge in [-0.25, -0.2) is 15.0 Å². The molecular formula is C47H32B2N4O2S. The maximum absolute atomic E-state index is 10.9. The van der Waals surface area contributed by atoms with Crippen molar-refractivity contribution in [2.45, 2.75) is 39.0 Å². The van der Waals surface area contributed by atoms with Gasteiger partial charge in [0.05, 0.1) is 11.0 Å². The van der Waals surface area contributed by atoms with Crippen molar-refractivity contribution >= 4 is 85.5 Å². The second-order valence-corrected chi connectivity index (χ2v) is 16.1. The highest BCUT2D eigenvalue weighted by Gasteiger charge is 2.26. The number of phenolic OH excluding ortho intramolecular Hbond substituents is 2. The number of phenols is 2. The van der Waals surface area contributed by atoms with Crippen LogP contribution in [0, 0.1) is 6.92 Å². The smallest absolute Gasteiger partial charge is 0.165 e. The number of benzene rings is 6. The van der Waals surface area contributed by atoms with E-state index in [0.29, 0.717) is 22.8 Å². The summed E-state index contributed by atoms with van der Waals surface area (Å²) in [5, 5.41) is 26.5. The minimum absolute atomic E-state index is 0.00406. The Balaban J connectivity index is 1.11. The van der Waals surface area contributed by atoms with E-state index in [1.165, 1.54) is 40.3 Å². The SMILES string of the molecule is [B]c1c(O)c([B])c(-c2nc(-c3ccc4c(c3)CC3=C4CCCC3)nc(-c3cccc4c3sc3cc(-n5c6ccccc6c6ccccc65)ccc34)n2)c(C)c1O. The number of thiophene rings is 1. The van der Waals surface area contributed by atoms with Gasteiger partial charge in [0.2, 0.25) is 0 Å². The molecule has 11 rings (SSSR count). The van der Waals surface area contributed by atoms with Crippen LogP contribution in [-0.4, -0.2) is 45.4 Å². The average molecular weight is 738 g/mol. The lowest BCUT2D eigenvalue weighted by Gasteiger charge is -2.17. The standard InChI is InChI=1S/C47H32B2N4O2S/c1-24-39(40(48)43(55)41(49)42(24)54)47-51-45(26-17-19-30-27(22-26)21-25-9-2-3-10-29(25)30)50-46(52-47)35-14-8-13-34-33-20-18-28(23-38(33)56-44(34)35)53-36-15-6-4-11-31(36)32-12-5-7-16-37(32)53/h4-8,11-20,22-23,54-55H,2-3,9-10,21H2,1H3. The largest absolute Gasteiger partial charge is 0.509 e. The number of hydrogen-bond acceptors (Lipinski definition) is 6. The minimum Gasteiger partial charge on any atom is -0.509 e. The number of fused-ring (bicyclic) bond motifs is 8. The van der Waals surface area contributed by atoms with E-state index in [1.54, 1.807) is 23.8 Å². The van der Waals surface area contributed by atoms with Gasteiger partial charge in [0.1, 0.15) is 27.2 Å². The first-order chi connectivity index (χ1) is 27.3. The van der Waals surface area contributed by atoms with Gasteiger partial charge in [-0.2, -0.15) is 0 Å². The molecule has 3 heterocycles. The van der Waals surface area contributed by atoms with Crippen LogP contribution in [0.4, 0.5) is 0 Å². The van der Waals surface area contributed by atoms with E-state index in [2.05, 4.69) is 95.6 Å². The van der Waals surface area contributed by atoms with E-state index in [-0.39, 0.29) is 22.5 Å². The summed E-state index contributed by atoms with van der Waals surface area (Å²) in [6.45, 7) is 1.70. The van der Waals surface area contributed by atoms with Crippen LogP contribution in [0.1, 0.15) is 42.4 Å². The van der Waals surface area contributed by atoms with Gasteiger partial charge in [0.15, 0.2) is 17.5 Å². The summed E-state index contributed by atoms with van der Waals surface area (Å²) in [5.41, 5.74) is 11.3. The molecule has 9 heteroatoms. The van der Waals surface area contributed by atoms with Gasteiger partial charge in [-0.1, -0.05) is 72.3 Å².